The lowest BCUT2D eigenvalue weighted by molar-refractivity contribution is 0.0928. The number of piperidine rings is 1. The van der Waals surface area contributed by atoms with Crippen LogP contribution in [0.15, 0.2) is 36.7 Å². The van der Waals surface area contributed by atoms with E-state index in [0.29, 0.717) is 18.9 Å². The van der Waals surface area contributed by atoms with Crippen molar-refractivity contribution >= 4 is 22.9 Å². The summed E-state index contributed by atoms with van der Waals surface area (Å²) in [5.74, 6) is 0.0183. The topological polar surface area (TPSA) is 150 Å². The van der Waals surface area contributed by atoms with Gasteiger partial charge in [-0.3, -0.25) is 14.7 Å². The van der Waals surface area contributed by atoms with E-state index >= 15 is 0 Å². The number of anilines is 1. The van der Waals surface area contributed by atoms with Gasteiger partial charge < -0.3 is 20.9 Å². The molecule has 1 aliphatic rings. The van der Waals surface area contributed by atoms with E-state index in [1.807, 2.05) is 30.5 Å². The van der Waals surface area contributed by atoms with Crippen molar-refractivity contribution in [1.82, 2.24) is 25.2 Å². The molecule has 0 bridgehead atoms. The molecule has 11 heteroatoms. The van der Waals surface area contributed by atoms with Gasteiger partial charge in [-0.15, -0.1) is 11.3 Å². The molecule has 0 unspecified atom stereocenters. The lowest BCUT2D eigenvalue weighted by Crippen LogP contribution is -2.38. The molecule has 0 aromatic carbocycles. The first kappa shape index (κ1) is 26.5. The van der Waals surface area contributed by atoms with Crippen molar-refractivity contribution in [3.63, 3.8) is 0 Å². The van der Waals surface area contributed by atoms with E-state index in [9.17, 15) is 15.2 Å². The van der Waals surface area contributed by atoms with Crippen LogP contribution >= 0.6 is 11.3 Å². The summed E-state index contributed by atoms with van der Waals surface area (Å²) in [6, 6.07) is 9.19. The lowest BCUT2D eigenvalue weighted by Gasteiger charge is -2.31. The van der Waals surface area contributed by atoms with Crippen LogP contribution in [0.4, 0.5) is 5.69 Å². The standard InChI is InChI=1S/C26H31N7O3S/c1-17(34)7-11-36-25-20(13-27)21(28)12-23(32-25)24(35)30-14-18-5-9-33(10-6-18)16-19-15-31-26(37-19)22-4-2-3-8-29-22/h2-4,8,12,15,17-18,34H,5-7,9-11,14,16H2,1H3,(H2,28,32)(H,30,35)/t17-/m0/s1. The second-order valence-corrected chi connectivity index (χ2v) is 10.3. The molecule has 1 saturated heterocycles. The molecule has 3 aromatic heterocycles. The number of nitrogen functional groups attached to an aromatic ring is 1. The van der Waals surface area contributed by atoms with Crippen LogP contribution in [0.2, 0.25) is 0 Å². The molecule has 0 aliphatic carbocycles. The van der Waals surface area contributed by atoms with E-state index in [-0.39, 0.29) is 35.3 Å². The van der Waals surface area contributed by atoms with Crippen LogP contribution in [-0.2, 0) is 6.54 Å². The zero-order chi connectivity index (χ0) is 26.2. The molecular formula is C26H31N7O3S. The van der Waals surface area contributed by atoms with Crippen LogP contribution in [0, 0.1) is 17.2 Å². The summed E-state index contributed by atoms with van der Waals surface area (Å²) in [4.78, 5) is 29.5. The molecule has 4 rings (SSSR count). The molecule has 3 aromatic rings. The Kier molecular flexibility index (Phi) is 9.00. The van der Waals surface area contributed by atoms with Gasteiger partial charge in [0.05, 0.1) is 24.1 Å². The van der Waals surface area contributed by atoms with Crippen molar-refractivity contribution in [2.75, 3.05) is 32.0 Å². The third-order valence-corrected chi connectivity index (χ3v) is 7.22. The van der Waals surface area contributed by atoms with Crippen LogP contribution < -0.4 is 15.8 Å². The molecule has 1 amide bonds. The maximum absolute atomic E-state index is 12.8. The molecular weight excluding hydrogens is 490 g/mol. The smallest absolute Gasteiger partial charge is 0.270 e. The maximum atomic E-state index is 12.8. The number of aromatic nitrogens is 3. The molecule has 4 N–H and O–H groups in total. The highest BCUT2D eigenvalue weighted by molar-refractivity contribution is 7.14. The Labute approximate surface area is 220 Å². The summed E-state index contributed by atoms with van der Waals surface area (Å²) >= 11 is 1.67. The first-order chi connectivity index (χ1) is 17.9. The van der Waals surface area contributed by atoms with E-state index < -0.39 is 6.10 Å². The van der Waals surface area contributed by atoms with Crippen molar-refractivity contribution in [3.05, 3.63) is 52.8 Å². The zero-order valence-corrected chi connectivity index (χ0v) is 21.6. The number of amides is 1. The second kappa shape index (κ2) is 12.6. The summed E-state index contributed by atoms with van der Waals surface area (Å²) in [5.41, 5.74) is 7.19. The Morgan fingerprint density at radius 3 is 2.89 bits per heavy atom. The summed E-state index contributed by atoms with van der Waals surface area (Å²) < 4.78 is 5.53. The Morgan fingerprint density at radius 1 is 1.38 bits per heavy atom. The highest BCUT2D eigenvalue weighted by Crippen LogP contribution is 2.26. The summed E-state index contributed by atoms with van der Waals surface area (Å²) in [6.07, 6.45) is 5.48. The van der Waals surface area contributed by atoms with E-state index in [1.54, 1.807) is 24.5 Å². The number of nitrogens with one attached hydrogen (secondary N) is 1. The fourth-order valence-electron chi connectivity index (χ4n) is 4.08. The first-order valence-corrected chi connectivity index (χ1v) is 13.1. The van der Waals surface area contributed by atoms with Crippen molar-refractivity contribution in [3.8, 4) is 22.7 Å². The van der Waals surface area contributed by atoms with Gasteiger partial charge in [-0.25, -0.2) is 9.97 Å². The number of rotatable bonds is 10. The van der Waals surface area contributed by atoms with Gasteiger partial charge in [-0.1, -0.05) is 6.07 Å². The summed E-state index contributed by atoms with van der Waals surface area (Å²) in [5, 5.41) is 22.7. The third kappa shape index (κ3) is 7.22. The number of nitriles is 1. The van der Waals surface area contributed by atoms with Gasteiger partial charge >= 0.3 is 0 Å². The first-order valence-electron chi connectivity index (χ1n) is 12.3. The molecule has 4 heterocycles. The van der Waals surface area contributed by atoms with Gasteiger partial charge in [0.2, 0.25) is 5.88 Å². The normalized spacial score (nSPS) is 15.2. The monoisotopic (exact) mass is 521 g/mol. The van der Waals surface area contributed by atoms with E-state index in [4.69, 9.17) is 10.5 Å². The summed E-state index contributed by atoms with van der Waals surface area (Å²) in [7, 11) is 0. The van der Waals surface area contributed by atoms with Gasteiger partial charge in [-0.2, -0.15) is 5.26 Å². The number of aliphatic hydroxyl groups is 1. The zero-order valence-electron chi connectivity index (χ0n) is 20.8. The number of ether oxygens (including phenoxy) is 1. The van der Waals surface area contributed by atoms with E-state index in [1.165, 1.54) is 10.9 Å². The van der Waals surface area contributed by atoms with Crippen LogP contribution in [0.25, 0.3) is 10.7 Å². The third-order valence-electron chi connectivity index (χ3n) is 6.21. The Bertz CT molecular complexity index is 1230. The molecule has 37 heavy (non-hydrogen) atoms. The number of nitrogens with zero attached hydrogens (tertiary/aromatic N) is 5. The largest absolute Gasteiger partial charge is 0.477 e. The van der Waals surface area contributed by atoms with Crippen LogP contribution in [0.1, 0.15) is 47.1 Å². The number of carbonyl (C=O) groups is 1. The van der Waals surface area contributed by atoms with Gasteiger partial charge in [0.25, 0.3) is 5.91 Å². The number of thiazole rings is 1. The van der Waals surface area contributed by atoms with Crippen LogP contribution in [-0.4, -0.2) is 63.2 Å². The number of nitrogens with two attached hydrogens (primary N) is 1. The predicted molar refractivity (Wildman–Crippen MR) is 141 cm³/mol. The summed E-state index contributed by atoms with van der Waals surface area (Å²) in [6.45, 7) is 5.09. The van der Waals surface area contributed by atoms with Gasteiger partial charge in [0.1, 0.15) is 22.3 Å². The molecule has 10 nitrogen and oxygen atoms in total. The highest BCUT2D eigenvalue weighted by atomic mass is 32.1. The molecule has 194 valence electrons. The minimum Gasteiger partial charge on any atom is -0.477 e. The van der Waals surface area contributed by atoms with Crippen LogP contribution in [0.5, 0.6) is 5.88 Å². The molecule has 1 fully saturated rings. The van der Waals surface area contributed by atoms with Gasteiger partial charge in [0, 0.05) is 36.8 Å². The Morgan fingerprint density at radius 2 is 2.19 bits per heavy atom. The van der Waals surface area contributed by atoms with E-state index in [2.05, 4.69) is 25.2 Å². The fourth-order valence-corrected chi connectivity index (χ4v) is 5.02. The van der Waals surface area contributed by atoms with Crippen molar-refractivity contribution in [1.29, 1.82) is 5.26 Å². The minimum atomic E-state index is -0.549. The SMILES string of the molecule is C[C@H](O)CCOc1nc(C(=O)NCC2CCN(Cc3cnc(-c4ccccn4)s3)CC2)cc(N)c1C#N. The fraction of sp³-hybridized carbons (Fsp3) is 0.423. The number of hydrogen-bond donors (Lipinski definition) is 3. The van der Waals surface area contributed by atoms with E-state index in [0.717, 1.165) is 43.2 Å². The highest BCUT2D eigenvalue weighted by Gasteiger charge is 2.22. The number of carbonyl (C=O) groups excluding carboxylic acids is 1. The minimum absolute atomic E-state index is 0.0101. The van der Waals surface area contributed by atoms with Gasteiger partial charge in [-0.05, 0) is 57.0 Å². The number of pyridine rings is 2. The lowest BCUT2D eigenvalue weighted by atomic mass is 9.96. The number of aliphatic hydroxyl groups excluding tert-OH is 1. The van der Waals surface area contributed by atoms with Crippen molar-refractivity contribution in [2.24, 2.45) is 5.92 Å². The second-order valence-electron chi connectivity index (χ2n) is 9.15. The molecule has 1 atom stereocenters. The average Bonchev–Trinajstić information content (AvgIpc) is 3.36. The van der Waals surface area contributed by atoms with Crippen molar-refractivity contribution < 1.29 is 14.6 Å². The number of hydrogen-bond acceptors (Lipinski definition) is 10. The average molecular weight is 522 g/mol. The molecule has 1 aliphatic heterocycles. The Hall–Kier alpha value is -3.59. The number of likely N-dealkylation sites (tertiary alicyclic amines) is 1. The van der Waals surface area contributed by atoms with Crippen molar-refractivity contribution in [2.45, 2.75) is 38.8 Å². The van der Waals surface area contributed by atoms with Gasteiger partial charge in [0.15, 0.2) is 0 Å². The maximum Gasteiger partial charge on any atom is 0.270 e. The molecule has 0 spiro atoms. The van der Waals surface area contributed by atoms with Crippen LogP contribution in [0.3, 0.4) is 0 Å². The predicted octanol–water partition coefficient (Wildman–Crippen LogP) is 2.85. The molecule has 0 radical (unpaired) electrons. The quantitative estimate of drug-likeness (QED) is 0.366. The molecule has 0 saturated carbocycles. The Balaban J connectivity index is 1.26.